The van der Waals surface area contributed by atoms with Crippen LogP contribution in [0.15, 0.2) is 40.9 Å². The van der Waals surface area contributed by atoms with E-state index < -0.39 is 0 Å². The van der Waals surface area contributed by atoms with Gasteiger partial charge in [-0.1, -0.05) is 24.2 Å². The van der Waals surface area contributed by atoms with Crippen LogP contribution in [0.2, 0.25) is 0 Å². The molecule has 5 nitrogen and oxygen atoms in total. The van der Waals surface area contributed by atoms with Crippen LogP contribution in [0.3, 0.4) is 0 Å². The number of hydrogen-bond donors (Lipinski definition) is 0. The molecule has 1 aliphatic rings. The Kier molecular flexibility index (Phi) is 8.15. The van der Waals surface area contributed by atoms with E-state index in [9.17, 15) is 4.39 Å². The molecule has 0 N–H and O–H groups in total. The summed E-state index contributed by atoms with van der Waals surface area (Å²) in [5, 5.41) is 4.73. The Morgan fingerprint density at radius 1 is 1.19 bits per heavy atom. The summed E-state index contributed by atoms with van der Waals surface area (Å²) in [6.45, 7) is 5.74. The van der Waals surface area contributed by atoms with E-state index in [1.165, 1.54) is 11.6 Å². The van der Waals surface area contributed by atoms with E-state index in [1.807, 2.05) is 12.1 Å². The molecule has 0 saturated carbocycles. The van der Waals surface area contributed by atoms with Gasteiger partial charge in [0.2, 0.25) is 0 Å². The van der Waals surface area contributed by atoms with Gasteiger partial charge in [0.25, 0.3) is 0 Å². The molecule has 31 heavy (non-hydrogen) atoms. The molecule has 1 aliphatic heterocycles. The van der Waals surface area contributed by atoms with E-state index >= 15 is 0 Å². The van der Waals surface area contributed by atoms with Gasteiger partial charge in [-0.15, -0.1) is 12.4 Å². The number of nitrogens with zero attached hydrogens (tertiary/aromatic N) is 2. The lowest BCUT2D eigenvalue weighted by molar-refractivity contribution is 0.190. The van der Waals surface area contributed by atoms with Crippen molar-refractivity contribution in [1.29, 1.82) is 0 Å². The topological polar surface area (TPSA) is 47.7 Å². The molecule has 2 aromatic carbocycles. The summed E-state index contributed by atoms with van der Waals surface area (Å²) in [6, 6.07) is 10.9. The fraction of sp³-hybridized carbons (Fsp3) is 0.458. The van der Waals surface area contributed by atoms with Crippen molar-refractivity contribution in [2.75, 3.05) is 33.4 Å². The monoisotopic (exact) mass is 448 g/mol. The van der Waals surface area contributed by atoms with Crippen LogP contribution in [0.4, 0.5) is 4.39 Å². The average Bonchev–Trinajstić information content (AvgIpc) is 3.22. The summed E-state index contributed by atoms with van der Waals surface area (Å²) in [5.74, 6) is 1.74. The maximum Gasteiger partial charge on any atom is 0.170 e. The first kappa shape index (κ1) is 23.4. The van der Waals surface area contributed by atoms with Gasteiger partial charge in [-0.05, 0) is 62.5 Å². The first-order valence-electron chi connectivity index (χ1n) is 10.8. The van der Waals surface area contributed by atoms with Crippen LogP contribution in [0.1, 0.15) is 43.4 Å². The predicted molar refractivity (Wildman–Crippen MR) is 122 cm³/mol. The van der Waals surface area contributed by atoms with Gasteiger partial charge in [0, 0.05) is 18.5 Å². The molecule has 0 aliphatic carbocycles. The minimum absolute atomic E-state index is 0. The van der Waals surface area contributed by atoms with Crippen LogP contribution in [-0.2, 0) is 6.42 Å². The molecule has 1 fully saturated rings. The zero-order valence-electron chi connectivity index (χ0n) is 18.1. The number of aryl methyl sites for hydroxylation is 1. The van der Waals surface area contributed by atoms with Gasteiger partial charge in [0.05, 0.1) is 24.8 Å². The summed E-state index contributed by atoms with van der Waals surface area (Å²) in [4.78, 5) is 2.44. The molecule has 3 aromatic rings. The lowest BCUT2D eigenvalue weighted by Crippen LogP contribution is -2.34. The Morgan fingerprint density at radius 2 is 2.00 bits per heavy atom. The number of halogens is 2. The summed E-state index contributed by atoms with van der Waals surface area (Å²) in [5.41, 5.74) is 2.50. The molecule has 1 aromatic heterocycles. The zero-order valence-corrected chi connectivity index (χ0v) is 18.9. The van der Waals surface area contributed by atoms with Crippen molar-refractivity contribution in [3.8, 4) is 11.5 Å². The maximum absolute atomic E-state index is 14.2. The minimum atomic E-state index is -0.244. The Morgan fingerprint density at radius 3 is 2.74 bits per heavy atom. The van der Waals surface area contributed by atoms with Crippen molar-refractivity contribution >= 4 is 23.4 Å². The van der Waals surface area contributed by atoms with Gasteiger partial charge < -0.3 is 18.9 Å². The summed E-state index contributed by atoms with van der Waals surface area (Å²) in [6.07, 6.45) is 3.83. The fourth-order valence-corrected chi connectivity index (χ4v) is 4.27. The summed E-state index contributed by atoms with van der Waals surface area (Å²) >= 11 is 0. The first-order chi connectivity index (χ1) is 14.7. The summed E-state index contributed by atoms with van der Waals surface area (Å²) in [7, 11) is 1.69. The largest absolute Gasteiger partial charge is 0.496 e. The number of methoxy groups -OCH3 is 1. The van der Waals surface area contributed by atoms with E-state index in [0.717, 1.165) is 62.5 Å². The predicted octanol–water partition coefficient (Wildman–Crippen LogP) is 5.61. The number of aromatic nitrogens is 1. The highest BCUT2D eigenvalue weighted by molar-refractivity contribution is 5.85. The number of ether oxygens (including phenoxy) is 2. The molecular formula is C24H30ClFN2O3. The quantitative estimate of drug-likeness (QED) is 0.419. The third kappa shape index (κ3) is 5.31. The van der Waals surface area contributed by atoms with Crippen molar-refractivity contribution in [3.63, 3.8) is 0 Å². The number of likely N-dealkylation sites (tertiary alicyclic amines) is 1. The molecular weight excluding hydrogens is 419 g/mol. The second-order valence-corrected chi connectivity index (χ2v) is 7.83. The normalized spacial score (nSPS) is 15.1. The van der Waals surface area contributed by atoms with Crippen molar-refractivity contribution in [3.05, 3.63) is 53.5 Å². The van der Waals surface area contributed by atoms with E-state index in [1.54, 1.807) is 19.2 Å². The molecule has 7 heteroatoms. The highest BCUT2D eigenvalue weighted by Gasteiger charge is 2.26. The number of benzene rings is 2. The summed E-state index contributed by atoms with van der Waals surface area (Å²) < 4.78 is 30.9. The van der Waals surface area contributed by atoms with Crippen LogP contribution < -0.4 is 9.47 Å². The van der Waals surface area contributed by atoms with Crippen LogP contribution in [0, 0.1) is 5.82 Å². The molecule has 0 spiro atoms. The van der Waals surface area contributed by atoms with Crippen LogP contribution in [0.25, 0.3) is 11.0 Å². The molecule has 2 heterocycles. The third-order valence-electron chi connectivity index (χ3n) is 5.97. The number of rotatable bonds is 8. The fourth-order valence-electron chi connectivity index (χ4n) is 4.27. The van der Waals surface area contributed by atoms with Crippen molar-refractivity contribution in [2.24, 2.45) is 0 Å². The van der Waals surface area contributed by atoms with Gasteiger partial charge in [0.15, 0.2) is 5.58 Å². The van der Waals surface area contributed by atoms with Crippen LogP contribution >= 0.6 is 12.4 Å². The second-order valence-electron chi connectivity index (χ2n) is 7.83. The average molecular weight is 449 g/mol. The molecule has 168 valence electrons. The molecule has 0 amide bonds. The van der Waals surface area contributed by atoms with E-state index in [-0.39, 0.29) is 24.1 Å². The lowest BCUT2D eigenvalue weighted by Gasteiger charge is -2.31. The standard InChI is InChI=1S/C24H29FN2O3.ClH/c1-3-17-8-9-19(16-22(17)28-2)29-15-5-12-27-13-10-18(11-14-27)24-23-20(25)6-4-7-21(23)30-26-24;/h4,6-9,16,18H,3,5,10-15H2,1-2H3;1H. The molecule has 1 saturated heterocycles. The van der Waals surface area contributed by atoms with E-state index in [2.05, 4.69) is 23.0 Å². The van der Waals surface area contributed by atoms with Crippen LogP contribution in [-0.4, -0.2) is 43.4 Å². The Labute approximate surface area is 188 Å². The number of hydrogen-bond acceptors (Lipinski definition) is 5. The van der Waals surface area contributed by atoms with Crippen molar-refractivity contribution in [2.45, 2.75) is 38.5 Å². The number of piperidine rings is 1. The highest BCUT2D eigenvalue weighted by atomic mass is 35.5. The van der Waals surface area contributed by atoms with Crippen molar-refractivity contribution in [1.82, 2.24) is 10.1 Å². The van der Waals surface area contributed by atoms with Gasteiger partial charge in [-0.25, -0.2) is 4.39 Å². The third-order valence-corrected chi connectivity index (χ3v) is 5.97. The Bertz CT molecular complexity index is 986. The van der Waals surface area contributed by atoms with Gasteiger partial charge in [-0.3, -0.25) is 0 Å². The minimum Gasteiger partial charge on any atom is -0.496 e. The number of fused-ring (bicyclic) bond motifs is 1. The Balaban J connectivity index is 0.00000272. The zero-order chi connectivity index (χ0) is 20.9. The van der Waals surface area contributed by atoms with Gasteiger partial charge >= 0.3 is 0 Å². The molecule has 4 rings (SSSR count). The highest BCUT2D eigenvalue weighted by Crippen LogP contribution is 2.33. The molecule has 0 radical (unpaired) electrons. The van der Waals surface area contributed by atoms with E-state index in [4.69, 9.17) is 14.0 Å². The lowest BCUT2D eigenvalue weighted by atomic mass is 9.91. The van der Waals surface area contributed by atoms with E-state index in [0.29, 0.717) is 17.6 Å². The second kappa shape index (κ2) is 10.8. The van der Waals surface area contributed by atoms with Gasteiger partial charge in [-0.2, -0.15) is 0 Å². The smallest absolute Gasteiger partial charge is 0.170 e. The Hall–Kier alpha value is -2.31. The molecule has 0 unspecified atom stereocenters. The van der Waals surface area contributed by atoms with Crippen LogP contribution in [0.5, 0.6) is 11.5 Å². The molecule has 0 atom stereocenters. The van der Waals surface area contributed by atoms with Crippen molar-refractivity contribution < 1.29 is 18.4 Å². The SMILES string of the molecule is CCc1ccc(OCCCN2CCC(c3noc4cccc(F)c34)CC2)cc1OC.Cl. The molecule has 0 bridgehead atoms. The van der Waals surface area contributed by atoms with Gasteiger partial charge in [0.1, 0.15) is 17.3 Å². The maximum atomic E-state index is 14.2. The first-order valence-corrected chi connectivity index (χ1v) is 10.8.